The Morgan fingerprint density at radius 2 is 0.795 bits per heavy atom. The van der Waals surface area contributed by atoms with E-state index in [9.17, 15) is 19.5 Å². The fourth-order valence-electron chi connectivity index (χ4n) is 4.19. The number of nitrogens with one attached hydrogen (secondary N) is 2. The maximum absolute atomic E-state index is 12.9. The van der Waals surface area contributed by atoms with Gasteiger partial charge in [-0.2, -0.15) is 0 Å². The number of hydrogen-bond acceptors (Lipinski definition) is 3. The average Bonchev–Trinajstić information content (AvgIpc) is 2.98. The molecule has 0 saturated carbocycles. The number of carbonyl (C=O) groups excluding carboxylic acids is 2. The molecule has 0 unspecified atom stereocenters. The van der Waals surface area contributed by atoms with Crippen LogP contribution in [0.2, 0.25) is 0 Å². The molecule has 0 bridgehead atoms. The summed E-state index contributed by atoms with van der Waals surface area (Å²) in [6, 6.07) is 38.1. The number of amides is 2. The molecule has 190 valence electrons. The Balaban J connectivity index is 1.32. The molecule has 5 aromatic carbocycles. The molecule has 39 heavy (non-hydrogen) atoms. The third-order valence-electron chi connectivity index (χ3n) is 6.20. The molecule has 0 spiro atoms. The summed E-state index contributed by atoms with van der Waals surface area (Å²) in [5, 5.41) is 15.1. The maximum Gasteiger partial charge on any atom is 0.335 e. The molecule has 0 aromatic heterocycles. The van der Waals surface area contributed by atoms with Crippen LogP contribution in [0.15, 0.2) is 127 Å². The van der Waals surface area contributed by atoms with Crippen LogP contribution in [-0.4, -0.2) is 22.9 Å². The Morgan fingerprint density at radius 1 is 0.436 bits per heavy atom. The summed E-state index contributed by atoms with van der Waals surface area (Å²) in [7, 11) is 0. The van der Waals surface area contributed by atoms with Crippen molar-refractivity contribution >= 4 is 29.2 Å². The summed E-state index contributed by atoms with van der Waals surface area (Å²) < 4.78 is 0. The first-order valence-corrected chi connectivity index (χ1v) is 12.3. The number of carboxylic acids is 1. The fraction of sp³-hybridized carbons (Fsp3) is 0. The molecule has 0 aliphatic carbocycles. The van der Waals surface area contributed by atoms with E-state index in [1.807, 2.05) is 84.9 Å². The van der Waals surface area contributed by atoms with Crippen LogP contribution < -0.4 is 10.6 Å². The second-order valence-electron chi connectivity index (χ2n) is 8.90. The molecule has 3 N–H and O–H groups in total. The first-order valence-electron chi connectivity index (χ1n) is 12.3. The number of carboxylic acid groups (broad SMARTS) is 1. The SMILES string of the molecule is O=C(O)c1cc(NC(=O)c2ccc(-c3ccccc3)cc2)cc(NC(=O)c2ccc(-c3ccccc3)cc2)c1. The van der Waals surface area contributed by atoms with Crippen LogP contribution >= 0.6 is 0 Å². The third-order valence-corrected chi connectivity index (χ3v) is 6.20. The molecule has 0 saturated heterocycles. The number of benzene rings is 5. The van der Waals surface area contributed by atoms with E-state index < -0.39 is 17.8 Å². The Hall–Kier alpha value is -5.49. The van der Waals surface area contributed by atoms with Crippen molar-refractivity contribution in [3.05, 3.63) is 144 Å². The van der Waals surface area contributed by atoms with Gasteiger partial charge in [-0.3, -0.25) is 9.59 Å². The van der Waals surface area contributed by atoms with Gasteiger partial charge in [0.25, 0.3) is 11.8 Å². The Bertz CT molecular complexity index is 1510. The van der Waals surface area contributed by atoms with Gasteiger partial charge in [0.15, 0.2) is 0 Å². The predicted octanol–water partition coefficient (Wildman–Crippen LogP) is 7.22. The van der Waals surface area contributed by atoms with E-state index in [-0.39, 0.29) is 16.9 Å². The van der Waals surface area contributed by atoms with Crippen molar-refractivity contribution in [3.63, 3.8) is 0 Å². The normalized spacial score (nSPS) is 10.5. The predicted molar refractivity (Wildman–Crippen MR) is 153 cm³/mol. The molecular weight excluding hydrogens is 488 g/mol. The van der Waals surface area contributed by atoms with E-state index in [4.69, 9.17) is 0 Å². The molecule has 6 heteroatoms. The zero-order valence-corrected chi connectivity index (χ0v) is 20.8. The molecule has 5 rings (SSSR count). The standard InChI is InChI=1S/C33H24N2O4/c36-31(26-15-11-24(12-16-26)22-7-3-1-4-8-22)34-29-19-28(33(38)39)20-30(21-29)35-32(37)27-17-13-25(14-18-27)23-9-5-2-6-10-23/h1-21H,(H,34,36)(H,35,37)(H,38,39). The highest BCUT2D eigenvalue weighted by Gasteiger charge is 2.14. The average molecular weight is 513 g/mol. The lowest BCUT2D eigenvalue weighted by atomic mass is 10.0. The molecule has 0 atom stereocenters. The minimum atomic E-state index is -1.18. The lowest BCUT2D eigenvalue weighted by Crippen LogP contribution is -2.15. The third kappa shape index (κ3) is 6.09. The lowest BCUT2D eigenvalue weighted by molar-refractivity contribution is 0.0696. The van der Waals surface area contributed by atoms with E-state index in [0.29, 0.717) is 11.1 Å². The van der Waals surface area contributed by atoms with Crippen LogP contribution in [0.3, 0.4) is 0 Å². The first-order chi connectivity index (χ1) is 19.0. The van der Waals surface area contributed by atoms with Crippen molar-refractivity contribution in [2.45, 2.75) is 0 Å². The largest absolute Gasteiger partial charge is 0.478 e. The summed E-state index contributed by atoms with van der Waals surface area (Å²) >= 11 is 0. The zero-order valence-electron chi connectivity index (χ0n) is 20.8. The van der Waals surface area contributed by atoms with Gasteiger partial charge >= 0.3 is 5.97 Å². The van der Waals surface area contributed by atoms with Gasteiger partial charge in [0.05, 0.1) is 5.56 Å². The molecule has 0 aliphatic rings. The highest BCUT2D eigenvalue weighted by molar-refractivity contribution is 6.07. The molecule has 0 fully saturated rings. The topological polar surface area (TPSA) is 95.5 Å². The molecule has 0 radical (unpaired) electrons. The van der Waals surface area contributed by atoms with Gasteiger partial charge in [-0.25, -0.2) is 4.79 Å². The second-order valence-corrected chi connectivity index (χ2v) is 8.90. The van der Waals surface area contributed by atoms with E-state index in [1.165, 1.54) is 18.2 Å². The van der Waals surface area contributed by atoms with Crippen molar-refractivity contribution < 1.29 is 19.5 Å². The summed E-state index contributed by atoms with van der Waals surface area (Å²) in [5.74, 6) is -1.97. The van der Waals surface area contributed by atoms with Crippen molar-refractivity contribution in [1.82, 2.24) is 0 Å². The highest BCUT2D eigenvalue weighted by atomic mass is 16.4. The second kappa shape index (κ2) is 11.3. The Morgan fingerprint density at radius 3 is 1.15 bits per heavy atom. The molecular formula is C33H24N2O4. The van der Waals surface area contributed by atoms with Crippen molar-refractivity contribution in [3.8, 4) is 22.3 Å². The smallest absolute Gasteiger partial charge is 0.335 e. The monoisotopic (exact) mass is 512 g/mol. The summed E-state index contributed by atoms with van der Waals surface area (Å²) in [4.78, 5) is 37.5. The number of aromatic carboxylic acids is 1. The van der Waals surface area contributed by atoms with Crippen LogP contribution in [0.5, 0.6) is 0 Å². The van der Waals surface area contributed by atoms with Gasteiger partial charge in [-0.15, -0.1) is 0 Å². The molecule has 0 aliphatic heterocycles. The van der Waals surface area contributed by atoms with E-state index >= 15 is 0 Å². The number of rotatable bonds is 7. The molecule has 0 heterocycles. The maximum atomic E-state index is 12.9. The van der Waals surface area contributed by atoms with Crippen LogP contribution in [-0.2, 0) is 0 Å². The van der Waals surface area contributed by atoms with E-state index in [2.05, 4.69) is 10.6 Å². The van der Waals surface area contributed by atoms with Crippen LogP contribution in [0, 0.1) is 0 Å². The number of carbonyl (C=O) groups is 3. The van der Waals surface area contributed by atoms with Crippen LogP contribution in [0.25, 0.3) is 22.3 Å². The minimum Gasteiger partial charge on any atom is -0.478 e. The van der Waals surface area contributed by atoms with Crippen LogP contribution in [0.4, 0.5) is 11.4 Å². The summed E-state index contributed by atoms with van der Waals surface area (Å²) in [5.41, 5.74) is 5.29. The summed E-state index contributed by atoms with van der Waals surface area (Å²) in [6.07, 6.45) is 0. The molecule has 2 amide bonds. The Kier molecular flexibility index (Phi) is 7.28. The van der Waals surface area contributed by atoms with Gasteiger partial charge in [0.2, 0.25) is 0 Å². The first kappa shape index (κ1) is 25.2. The van der Waals surface area contributed by atoms with Crippen molar-refractivity contribution in [1.29, 1.82) is 0 Å². The van der Waals surface area contributed by atoms with Crippen molar-refractivity contribution in [2.75, 3.05) is 10.6 Å². The molecule has 5 aromatic rings. The quantitative estimate of drug-likeness (QED) is 0.214. The van der Waals surface area contributed by atoms with Crippen molar-refractivity contribution in [2.24, 2.45) is 0 Å². The van der Waals surface area contributed by atoms with Crippen LogP contribution in [0.1, 0.15) is 31.1 Å². The van der Waals surface area contributed by atoms with Gasteiger partial charge in [0, 0.05) is 22.5 Å². The minimum absolute atomic E-state index is 0.0676. The fourth-order valence-corrected chi connectivity index (χ4v) is 4.19. The van der Waals surface area contributed by atoms with E-state index in [0.717, 1.165) is 22.3 Å². The highest BCUT2D eigenvalue weighted by Crippen LogP contribution is 2.24. The summed E-state index contributed by atoms with van der Waals surface area (Å²) in [6.45, 7) is 0. The zero-order chi connectivity index (χ0) is 27.2. The number of hydrogen-bond donors (Lipinski definition) is 3. The van der Waals surface area contributed by atoms with Gasteiger partial charge in [-0.1, -0.05) is 84.9 Å². The number of anilines is 2. The van der Waals surface area contributed by atoms with E-state index in [1.54, 1.807) is 24.3 Å². The molecule has 6 nitrogen and oxygen atoms in total. The lowest BCUT2D eigenvalue weighted by Gasteiger charge is -2.12. The van der Waals surface area contributed by atoms with Gasteiger partial charge in [-0.05, 0) is 64.7 Å². The Labute approximate surface area is 225 Å². The van der Waals surface area contributed by atoms with Gasteiger partial charge in [0.1, 0.15) is 0 Å². The van der Waals surface area contributed by atoms with Gasteiger partial charge < -0.3 is 15.7 Å².